The SMILES string of the molecule is COC[C@H]1OC(OC)C[C@@H](OC)[C@@H]1OC. The molecule has 0 amide bonds. The maximum Gasteiger partial charge on any atom is 0.160 e. The molecule has 0 aromatic carbocycles. The highest BCUT2D eigenvalue weighted by Crippen LogP contribution is 2.24. The molecule has 1 rings (SSSR count). The Hall–Kier alpha value is -0.200. The molecule has 0 spiro atoms. The lowest BCUT2D eigenvalue weighted by Crippen LogP contribution is -2.52. The van der Waals surface area contributed by atoms with E-state index in [2.05, 4.69) is 0 Å². The van der Waals surface area contributed by atoms with Gasteiger partial charge in [0, 0.05) is 34.9 Å². The molecular weight excluding hydrogens is 200 g/mol. The summed E-state index contributed by atoms with van der Waals surface area (Å²) < 4.78 is 26.7. The molecule has 1 saturated heterocycles. The maximum atomic E-state index is 5.66. The molecule has 5 heteroatoms. The molecule has 15 heavy (non-hydrogen) atoms. The van der Waals surface area contributed by atoms with E-state index in [1.807, 2.05) is 0 Å². The minimum atomic E-state index is -0.249. The highest BCUT2D eigenvalue weighted by Gasteiger charge is 2.39. The average molecular weight is 220 g/mol. The summed E-state index contributed by atoms with van der Waals surface area (Å²) in [6.07, 6.45) is 0.145. The first kappa shape index (κ1) is 12.9. The first-order valence-corrected chi connectivity index (χ1v) is 4.99. The Morgan fingerprint density at radius 1 is 1.07 bits per heavy atom. The zero-order valence-corrected chi connectivity index (χ0v) is 9.76. The molecule has 0 aliphatic carbocycles. The molecule has 90 valence electrons. The van der Waals surface area contributed by atoms with E-state index in [0.29, 0.717) is 13.0 Å². The summed E-state index contributed by atoms with van der Waals surface area (Å²) in [5.74, 6) is 0. The van der Waals surface area contributed by atoms with Crippen LogP contribution in [0.25, 0.3) is 0 Å². The van der Waals surface area contributed by atoms with Crippen LogP contribution in [0.3, 0.4) is 0 Å². The number of rotatable bonds is 5. The maximum absolute atomic E-state index is 5.66. The van der Waals surface area contributed by atoms with Crippen molar-refractivity contribution in [3.05, 3.63) is 0 Å². The minimum Gasteiger partial charge on any atom is -0.382 e. The fraction of sp³-hybridized carbons (Fsp3) is 1.00. The van der Waals surface area contributed by atoms with Crippen LogP contribution in [0.5, 0.6) is 0 Å². The number of hydrogen-bond donors (Lipinski definition) is 0. The largest absolute Gasteiger partial charge is 0.382 e. The van der Waals surface area contributed by atoms with Gasteiger partial charge in [0.1, 0.15) is 12.2 Å². The van der Waals surface area contributed by atoms with E-state index in [4.69, 9.17) is 23.7 Å². The van der Waals surface area contributed by atoms with Crippen molar-refractivity contribution in [2.75, 3.05) is 35.0 Å². The quantitative estimate of drug-likeness (QED) is 0.672. The molecule has 5 nitrogen and oxygen atoms in total. The topological polar surface area (TPSA) is 46.2 Å². The van der Waals surface area contributed by atoms with E-state index in [1.54, 1.807) is 28.4 Å². The van der Waals surface area contributed by atoms with Crippen LogP contribution in [-0.4, -0.2) is 59.6 Å². The summed E-state index contributed by atoms with van der Waals surface area (Å²) in [6, 6.07) is 0. The van der Waals surface area contributed by atoms with Gasteiger partial charge in [-0.1, -0.05) is 0 Å². The Kier molecular flexibility index (Phi) is 5.49. The molecule has 1 heterocycles. The van der Waals surface area contributed by atoms with Crippen LogP contribution in [0.1, 0.15) is 6.42 Å². The van der Waals surface area contributed by atoms with Crippen molar-refractivity contribution in [3.8, 4) is 0 Å². The summed E-state index contributed by atoms with van der Waals surface area (Å²) in [7, 11) is 6.57. The Labute approximate surface area is 90.6 Å². The van der Waals surface area contributed by atoms with Gasteiger partial charge in [-0.15, -0.1) is 0 Å². The van der Waals surface area contributed by atoms with E-state index in [9.17, 15) is 0 Å². The fourth-order valence-corrected chi connectivity index (χ4v) is 1.88. The molecule has 0 radical (unpaired) electrons. The number of hydrogen-bond acceptors (Lipinski definition) is 5. The lowest BCUT2D eigenvalue weighted by molar-refractivity contribution is -0.259. The van der Waals surface area contributed by atoms with Crippen molar-refractivity contribution in [2.45, 2.75) is 31.0 Å². The predicted molar refractivity (Wildman–Crippen MR) is 53.8 cm³/mol. The number of methoxy groups -OCH3 is 4. The van der Waals surface area contributed by atoms with Crippen molar-refractivity contribution in [2.24, 2.45) is 0 Å². The van der Waals surface area contributed by atoms with Crippen molar-refractivity contribution < 1.29 is 23.7 Å². The number of ether oxygens (including phenoxy) is 5. The Morgan fingerprint density at radius 2 is 1.80 bits per heavy atom. The van der Waals surface area contributed by atoms with Crippen molar-refractivity contribution in [3.63, 3.8) is 0 Å². The van der Waals surface area contributed by atoms with Gasteiger partial charge >= 0.3 is 0 Å². The van der Waals surface area contributed by atoms with Crippen LogP contribution in [0, 0.1) is 0 Å². The monoisotopic (exact) mass is 220 g/mol. The van der Waals surface area contributed by atoms with Crippen LogP contribution in [0.4, 0.5) is 0 Å². The van der Waals surface area contributed by atoms with Gasteiger partial charge in [-0.25, -0.2) is 0 Å². The smallest absolute Gasteiger partial charge is 0.160 e. The van der Waals surface area contributed by atoms with E-state index < -0.39 is 0 Å². The average Bonchev–Trinajstić information content (AvgIpc) is 2.28. The van der Waals surface area contributed by atoms with E-state index in [-0.39, 0.29) is 24.6 Å². The van der Waals surface area contributed by atoms with Gasteiger partial charge in [-0.05, 0) is 0 Å². The van der Waals surface area contributed by atoms with E-state index in [0.717, 1.165) is 0 Å². The second-order valence-electron chi connectivity index (χ2n) is 3.51. The van der Waals surface area contributed by atoms with Gasteiger partial charge in [0.2, 0.25) is 0 Å². The van der Waals surface area contributed by atoms with Gasteiger partial charge in [-0.2, -0.15) is 0 Å². The van der Waals surface area contributed by atoms with Crippen LogP contribution in [-0.2, 0) is 23.7 Å². The summed E-state index contributed by atoms with van der Waals surface area (Å²) in [6.45, 7) is 0.470. The van der Waals surface area contributed by atoms with Gasteiger partial charge < -0.3 is 23.7 Å². The fourth-order valence-electron chi connectivity index (χ4n) is 1.88. The van der Waals surface area contributed by atoms with E-state index >= 15 is 0 Å². The molecule has 1 aliphatic heterocycles. The molecule has 0 aromatic heterocycles. The summed E-state index contributed by atoms with van der Waals surface area (Å²) in [5.41, 5.74) is 0. The van der Waals surface area contributed by atoms with Crippen LogP contribution < -0.4 is 0 Å². The molecule has 0 N–H and O–H groups in total. The Balaban J connectivity index is 2.63. The molecule has 0 aromatic rings. The molecular formula is C10H20O5. The molecule has 0 saturated carbocycles. The van der Waals surface area contributed by atoms with Crippen molar-refractivity contribution >= 4 is 0 Å². The minimum absolute atomic E-state index is 0.0196. The lowest BCUT2D eigenvalue weighted by atomic mass is 10.0. The van der Waals surface area contributed by atoms with Gasteiger partial charge in [0.05, 0.1) is 12.7 Å². The van der Waals surface area contributed by atoms with Crippen LogP contribution in [0.15, 0.2) is 0 Å². The van der Waals surface area contributed by atoms with Crippen LogP contribution in [0.2, 0.25) is 0 Å². The van der Waals surface area contributed by atoms with Crippen molar-refractivity contribution in [1.82, 2.24) is 0 Å². The summed E-state index contributed by atoms with van der Waals surface area (Å²) in [4.78, 5) is 0. The van der Waals surface area contributed by atoms with Gasteiger partial charge in [0.15, 0.2) is 6.29 Å². The first-order chi connectivity index (χ1) is 7.26. The third-order valence-corrected chi connectivity index (χ3v) is 2.65. The first-order valence-electron chi connectivity index (χ1n) is 4.99. The highest BCUT2D eigenvalue weighted by atomic mass is 16.7. The molecule has 1 aliphatic rings. The molecule has 4 atom stereocenters. The summed E-state index contributed by atoms with van der Waals surface area (Å²) >= 11 is 0. The van der Waals surface area contributed by atoms with Gasteiger partial charge in [0.25, 0.3) is 0 Å². The predicted octanol–water partition coefficient (Wildman–Crippen LogP) is 0.424. The summed E-state index contributed by atoms with van der Waals surface area (Å²) in [5, 5.41) is 0. The third kappa shape index (κ3) is 3.12. The Morgan fingerprint density at radius 3 is 2.27 bits per heavy atom. The molecule has 1 fully saturated rings. The highest BCUT2D eigenvalue weighted by molar-refractivity contribution is 4.85. The van der Waals surface area contributed by atoms with E-state index in [1.165, 1.54) is 0 Å². The third-order valence-electron chi connectivity index (χ3n) is 2.65. The normalized spacial score (nSPS) is 36.8. The molecule has 1 unspecified atom stereocenters. The van der Waals surface area contributed by atoms with Crippen LogP contribution >= 0.6 is 0 Å². The zero-order valence-electron chi connectivity index (χ0n) is 9.76. The zero-order chi connectivity index (χ0) is 11.3. The molecule has 0 bridgehead atoms. The Bertz CT molecular complexity index is 175. The standard InChI is InChI=1S/C10H20O5/c1-11-6-8-10(14-4)7(12-2)5-9(13-3)15-8/h7-10H,5-6H2,1-4H3/t7-,8-,9?,10+/m1/s1. The van der Waals surface area contributed by atoms with Gasteiger partial charge in [-0.3, -0.25) is 0 Å². The van der Waals surface area contributed by atoms with Crippen molar-refractivity contribution in [1.29, 1.82) is 0 Å². The second kappa shape index (κ2) is 6.40. The second-order valence-corrected chi connectivity index (χ2v) is 3.51. The lowest BCUT2D eigenvalue weighted by Gasteiger charge is -2.39.